The third kappa shape index (κ3) is 8.31. The molecule has 0 aliphatic carbocycles. The van der Waals surface area contributed by atoms with Crippen LogP contribution in [0.3, 0.4) is 0 Å². The third-order valence-electron chi connectivity index (χ3n) is 4.87. The molecule has 3 rings (SSSR count). The van der Waals surface area contributed by atoms with Gasteiger partial charge in [-0.25, -0.2) is 0 Å². The van der Waals surface area contributed by atoms with Gasteiger partial charge in [0.2, 0.25) is 0 Å². The van der Waals surface area contributed by atoms with Gasteiger partial charge in [-0.3, -0.25) is 0 Å². The van der Waals surface area contributed by atoms with Crippen molar-refractivity contribution in [3.63, 3.8) is 0 Å². The molecule has 0 atom stereocenters. The molecule has 178 valence electrons. The lowest BCUT2D eigenvalue weighted by atomic mass is 9.93. The first kappa shape index (κ1) is 27.1. The Balaban J connectivity index is 1.74. The molecular formula is C28H36S5. The second-order valence-electron chi connectivity index (χ2n) is 9.94. The average Bonchev–Trinajstić information content (AvgIpc) is 3.15. The van der Waals surface area contributed by atoms with Crippen molar-refractivity contribution in [1.29, 1.82) is 0 Å². The number of hydrogen-bond donors (Lipinski definition) is 0. The van der Waals surface area contributed by atoms with Crippen molar-refractivity contribution in [2.24, 2.45) is 0 Å². The van der Waals surface area contributed by atoms with Gasteiger partial charge in [0.15, 0.2) is 0 Å². The van der Waals surface area contributed by atoms with E-state index in [0.29, 0.717) is 0 Å². The van der Waals surface area contributed by atoms with Crippen LogP contribution in [0.2, 0.25) is 0 Å². The Hall–Kier alpha value is -0.460. The number of benzene rings is 2. The molecule has 2 aromatic carbocycles. The summed E-state index contributed by atoms with van der Waals surface area (Å²) in [4.78, 5) is 8.92. The summed E-state index contributed by atoms with van der Waals surface area (Å²) in [5.41, 5.74) is 0.328. The maximum absolute atomic E-state index is 2.37. The molecule has 0 spiro atoms. The SMILES string of the molecule is CC(C)(C)c1sc(C(C)(C)C)c(SCCSc2ccccc2)c1SCCSc1ccccc1. The molecule has 5 heteroatoms. The molecule has 33 heavy (non-hydrogen) atoms. The van der Waals surface area contributed by atoms with E-state index in [1.54, 1.807) is 19.5 Å². The van der Waals surface area contributed by atoms with Gasteiger partial charge in [0.05, 0.1) is 0 Å². The second kappa shape index (κ2) is 12.5. The van der Waals surface area contributed by atoms with Gasteiger partial charge < -0.3 is 0 Å². The molecule has 0 aliphatic heterocycles. The number of rotatable bonds is 10. The molecule has 0 nitrogen and oxygen atoms in total. The largest absolute Gasteiger partial charge is 0.142 e. The van der Waals surface area contributed by atoms with Crippen LogP contribution >= 0.6 is 58.4 Å². The zero-order valence-corrected chi connectivity index (χ0v) is 24.7. The van der Waals surface area contributed by atoms with Crippen molar-refractivity contribution >= 4 is 58.4 Å². The highest BCUT2D eigenvalue weighted by molar-refractivity contribution is 8.05. The van der Waals surface area contributed by atoms with E-state index >= 15 is 0 Å². The average molecular weight is 533 g/mol. The van der Waals surface area contributed by atoms with Gasteiger partial charge in [0.1, 0.15) is 0 Å². The molecule has 0 fully saturated rings. The summed E-state index contributed by atoms with van der Waals surface area (Å²) in [6.45, 7) is 14.2. The van der Waals surface area contributed by atoms with Gasteiger partial charge >= 0.3 is 0 Å². The van der Waals surface area contributed by atoms with E-state index in [2.05, 4.69) is 137 Å². The summed E-state index contributed by atoms with van der Waals surface area (Å²) in [5.74, 6) is 4.53. The van der Waals surface area contributed by atoms with Crippen LogP contribution in [0.15, 0.2) is 80.2 Å². The molecule has 0 radical (unpaired) electrons. The fraction of sp³-hybridized carbons (Fsp3) is 0.429. The molecule has 0 saturated heterocycles. The Kier molecular flexibility index (Phi) is 10.3. The monoisotopic (exact) mass is 532 g/mol. The van der Waals surface area contributed by atoms with Crippen LogP contribution in [-0.2, 0) is 10.8 Å². The van der Waals surface area contributed by atoms with E-state index in [-0.39, 0.29) is 10.8 Å². The Morgan fingerprint density at radius 1 is 0.515 bits per heavy atom. The minimum atomic E-state index is 0.164. The van der Waals surface area contributed by atoms with Crippen molar-refractivity contribution in [3.05, 3.63) is 70.4 Å². The summed E-state index contributed by atoms with van der Waals surface area (Å²) in [5, 5.41) is 0. The van der Waals surface area contributed by atoms with Crippen molar-refractivity contribution in [3.8, 4) is 0 Å². The minimum Gasteiger partial charge on any atom is -0.142 e. The first-order chi connectivity index (χ1) is 15.7. The minimum absolute atomic E-state index is 0.164. The second-order valence-corrected chi connectivity index (χ2v) is 15.5. The molecule has 0 amide bonds. The zero-order valence-electron chi connectivity index (χ0n) is 20.6. The lowest BCUT2D eigenvalue weighted by Crippen LogP contribution is -2.10. The highest BCUT2D eigenvalue weighted by atomic mass is 32.2. The molecule has 1 heterocycles. The fourth-order valence-corrected chi connectivity index (χ4v) is 9.84. The van der Waals surface area contributed by atoms with Crippen LogP contribution in [0.4, 0.5) is 0 Å². The maximum Gasteiger partial charge on any atom is 0.0356 e. The van der Waals surface area contributed by atoms with E-state index in [9.17, 15) is 0 Å². The molecule has 0 N–H and O–H groups in total. The molecule has 1 aromatic heterocycles. The summed E-state index contributed by atoms with van der Waals surface area (Å²) in [6, 6.07) is 21.5. The molecule has 0 unspecified atom stereocenters. The Morgan fingerprint density at radius 3 is 1.18 bits per heavy atom. The fourth-order valence-electron chi connectivity index (χ4n) is 3.29. The number of hydrogen-bond acceptors (Lipinski definition) is 5. The predicted molar refractivity (Wildman–Crippen MR) is 157 cm³/mol. The summed E-state index contributed by atoms with van der Waals surface area (Å²) in [6.07, 6.45) is 0. The van der Waals surface area contributed by atoms with E-state index in [1.165, 1.54) is 9.79 Å². The maximum atomic E-state index is 2.37. The first-order valence-corrected chi connectivity index (χ1v) is 16.2. The lowest BCUT2D eigenvalue weighted by molar-refractivity contribution is 0.585. The van der Waals surface area contributed by atoms with Gasteiger partial charge in [-0.15, -0.1) is 58.4 Å². The molecule has 0 aliphatic rings. The topological polar surface area (TPSA) is 0 Å². The smallest absolute Gasteiger partial charge is 0.0356 e. The van der Waals surface area contributed by atoms with Gasteiger partial charge in [0.25, 0.3) is 0 Å². The molecule has 0 bridgehead atoms. The normalized spacial score (nSPS) is 12.3. The zero-order chi connectivity index (χ0) is 23.9. The quantitative estimate of drug-likeness (QED) is 0.188. The number of thiophene rings is 1. The van der Waals surface area contributed by atoms with Crippen LogP contribution < -0.4 is 0 Å². The van der Waals surface area contributed by atoms with Crippen molar-refractivity contribution in [2.75, 3.05) is 23.0 Å². The Labute approximate surface area is 222 Å². The highest BCUT2D eigenvalue weighted by Crippen LogP contribution is 2.50. The molecular weight excluding hydrogens is 497 g/mol. The van der Waals surface area contributed by atoms with Crippen LogP contribution in [0.5, 0.6) is 0 Å². The Morgan fingerprint density at radius 2 is 0.848 bits per heavy atom. The van der Waals surface area contributed by atoms with Gasteiger partial charge in [-0.2, -0.15) is 0 Å². The first-order valence-electron chi connectivity index (χ1n) is 11.5. The van der Waals surface area contributed by atoms with Crippen LogP contribution in [0.25, 0.3) is 0 Å². The van der Waals surface area contributed by atoms with Gasteiger partial charge in [-0.1, -0.05) is 77.9 Å². The highest BCUT2D eigenvalue weighted by Gasteiger charge is 2.31. The van der Waals surface area contributed by atoms with Crippen LogP contribution in [-0.4, -0.2) is 23.0 Å². The van der Waals surface area contributed by atoms with Crippen molar-refractivity contribution in [2.45, 2.75) is 72.0 Å². The Bertz CT molecular complexity index is 899. The molecule has 3 aromatic rings. The van der Waals surface area contributed by atoms with E-state index in [4.69, 9.17) is 0 Å². The molecule has 0 saturated carbocycles. The third-order valence-corrected chi connectivity index (χ3v) is 12.1. The summed E-state index contributed by atoms with van der Waals surface area (Å²) < 4.78 is 0. The van der Waals surface area contributed by atoms with Crippen molar-refractivity contribution < 1.29 is 0 Å². The predicted octanol–water partition coefficient (Wildman–Crippen LogP) is 10.1. The van der Waals surface area contributed by atoms with Gasteiger partial charge in [0, 0.05) is 52.3 Å². The van der Waals surface area contributed by atoms with Crippen LogP contribution in [0.1, 0.15) is 51.3 Å². The van der Waals surface area contributed by atoms with E-state index < -0.39 is 0 Å². The summed E-state index contributed by atoms with van der Waals surface area (Å²) >= 11 is 10.1. The van der Waals surface area contributed by atoms with E-state index in [0.717, 1.165) is 23.0 Å². The number of thioether (sulfide) groups is 4. The standard InChI is InChI=1S/C28H36S5/c1-27(2,3)25-23(31-19-17-29-21-13-9-7-10-14-21)24(26(33-25)28(4,5)6)32-20-18-30-22-15-11-8-12-16-22/h7-16H,17-20H2,1-6H3. The van der Waals surface area contributed by atoms with Crippen molar-refractivity contribution in [1.82, 2.24) is 0 Å². The lowest BCUT2D eigenvalue weighted by Gasteiger charge is -2.19. The van der Waals surface area contributed by atoms with E-state index in [1.807, 2.05) is 23.5 Å². The summed E-state index contributed by atoms with van der Waals surface area (Å²) in [7, 11) is 0. The van der Waals surface area contributed by atoms with Crippen LogP contribution in [0, 0.1) is 0 Å². The van der Waals surface area contributed by atoms with Gasteiger partial charge in [-0.05, 0) is 35.1 Å².